The lowest BCUT2D eigenvalue weighted by atomic mass is 10.1. The van der Waals surface area contributed by atoms with Crippen LogP contribution >= 0.6 is 0 Å². The molecule has 2 rings (SSSR count). The molecule has 5 nitrogen and oxygen atoms in total. The van der Waals surface area contributed by atoms with Crippen LogP contribution in [0.25, 0.3) is 0 Å². The lowest BCUT2D eigenvalue weighted by Crippen LogP contribution is -2.36. The molecule has 29 heavy (non-hydrogen) atoms. The molecule has 0 unspecified atom stereocenters. The Morgan fingerprint density at radius 2 is 1.76 bits per heavy atom. The number of halogens is 3. The van der Waals surface area contributed by atoms with Crippen molar-refractivity contribution in [3.8, 4) is 5.75 Å². The van der Waals surface area contributed by atoms with Gasteiger partial charge >= 0.3 is 6.18 Å². The Morgan fingerprint density at radius 3 is 2.41 bits per heavy atom. The summed E-state index contributed by atoms with van der Waals surface area (Å²) in [5.41, 5.74) is -0.0867. The Balaban J connectivity index is 1.78. The Hall–Kier alpha value is -3.03. The fourth-order valence-corrected chi connectivity index (χ4v) is 2.42. The topological polar surface area (TPSA) is 67.4 Å². The van der Waals surface area contributed by atoms with Crippen molar-refractivity contribution in [1.82, 2.24) is 10.6 Å². The number of ether oxygens (including phenoxy) is 1. The van der Waals surface area contributed by atoms with Gasteiger partial charge in [0.15, 0.2) is 0 Å². The smallest absolute Gasteiger partial charge is 0.416 e. The fraction of sp³-hybridized carbons (Fsp3) is 0.333. The summed E-state index contributed by atoms with van der Waals surface area (Å²) in [4.78, 5) is 24.0. The minimum atomic E-state index is -4.44. The van der Waals surface area contributed by atoms with Crippen LogP contribution in [0.1, 0.15) is 41.3 Å². The lowest BCUT2D eigenvalue weighted by Gasteiger charge is -2.10. The number of hydrogen-bond acceptors (Lipinski definition) is 3. The van der Waals surface area contributed by atoms with Crippen LogP contribution in [0.15, 0.2) is 48.5 Å². The highest BCUT2D eigenvalue weighted by atomic mass is 19.4. The normalized spacial score (nSPS) is 11.0. The van der Waals surface area contributed by atoms with Crippen LogP contribution in [-0.4, -0.2) is 25.0 Å². The zero-order valence-electron chi connectivity index (χ0n) is 16.0. The molecule has 0 fully saturated rings. The van der Waals surface area contributed by atoms with E-state index < -0.39 is 23.6 Å². The summed E-state index contributed by atoms with van der Waals surface area (Å²) in [7, 11) is 0. The second-order valence-electron chi connectivity index (χ2n) is 6.38. The third-order valence-corrected chi connectivity index (χ3v) is 4.04. The minimum Gasteiger partial charge on any atom is -0.494 e. The summed E-state index contributed by atoms with van der Waals surface area (Å²) in [5, 5.41) is 4.95. The molecule has 2 aromatic carbocycles. The molecular formula is C21H23F3N2O3. The summed E-state index contributed by atoms with van der Waals surface area (Å²) >= 11 is 0. The average molecular weight is 408 g/mol. The molecule has 0 atom stereocenters. The van der Waals surface area contributed by atoms with Gasteiger partial charge in [-0.1, -0.05) is 25.5 Å². The maximum atomic E-state index is 12.7. The number of benzene rings is 2. The Labute approximate surface area is 167 Å². The highest BCUT2D eigenvalue weighted by Crippen LogP contribution is 2.29. The predicted molar refractivity (Wildman–Crippen MR) is 102 cm³/mol. The van der Waals surface area contributed by atoms with Crippen molar-refractivity contribution in [2.45, 2.75) is 32.5 Å². The Kier molecular flexibility index (Phi) is 8.06. The van der Waals surface area contributed by atoms with Crippen molar-refractivity contribution in [1.29, 1.82) is 0 Å². The van der Waals surface area contributed by atoms with E-state index in [-0.39, 0.29) is 13.1 Å². The van der Waals surface area contributed by atoms with Gasteiger partial charge in [0.2, 0.25) is 5.91 Å². The van der Waals surface area contributed by atoms with E-state index in [9.17, 15) is 22.8 Å². The van der Waals surface area contributed by atoms with Crippen LogP contribution in [0.4, 0.5) is 13.2 Å². The van der Waals surface area contributed by atoms with E-state index in [4.69, 9.17) is 4.74 Å². The predicted octanol–water partition coefficient (Wildman–Crippen LogP) is 3.93. The highest BCUT2D eigenvalue weighted by molar-refractivity contribution is 5.96. The van der Waals surface area contributed by atoms with Gasteiger partial charge in [0.1, 0.15) is 5.75 Å². The van der Waals surface area contributed by atoms with Gasteiger partial charge in [0, 0.05) is 12.1 Å². The summed E-state index contributed by atoms with van der Waals surface area (Å²) < 4.78 is 43.6. The first kappa shape index (κ1) is 22.3. The number of rotatable bonds is 9. The van der Waals surface area contributed by atoms with Gasteiger partial charge in [-0.3, -0.25) is 9.59 Å². The second kappa shape index (κ2) is 10.5. The molecule has 8 heteroatoms. The zero-order valence-corrected chi connectivity index (χ0v) is 16.0. The van der Waals surface area contributed by atoms with E-state index in [1.807, 2.05) is 0 Å². The molecule has 2 N–H and O–H groups in total. The number of alkyl halides is 3. The van der Waals surface area contributed by atoms with Gasteiger partial charge in [0.05, 0.1) is 18.7 Å². The van der Waals surface area contributed by atoms with Gasteiger partial charge < -0.3 is 15.4 Å². The standard InChI is InChI=1S/C21H23F3N2O3/c1-2-3-11-29-18-9-7-16(8-10-18)20(28)26-14-19(27)25-13-15-5-4-6-17(12-15)21(22,23)24/h4-10,12H,2-3,11,13-14H2,1H3,(H,25,27)(H,26,28). The Morgan fingerprint density at radius 1 is 1.03 bits per heavy atom. The molecule has 0 aromatic heterocycles. The van der Waals surface area contributed by atoms with Crippen LogP contribution in [-0.2, 0) is 17.5 Å². The van der Waals surface area contributed by atoms with Crippen molar-refractivity contribution in [3.05, 3.63) is 65.2 Å². The second-order valence-corrected chi connectivity index (χ2v) is 6.38. The van der Waals surface area contributed by atoms with Gasteiger partial charge in [-0.05, 0) is 48.4 Å². The number of carbonyl (C=O) groups is 2. The molecule has 0 saturated heterocycles. The highest BCUT2D eigenvalue weighted by Gasteiger charge is 2.30. The first-order valence-electron chi connectivity index (χ1n) is 9.23. The van der Waals surface area contributed by atoms with Gasteiger partial charge in [-0.15, -0.1) is 0 Å². The molecule has 2 amide bonds. The number of unbranched alkanes of at least 4 members (excludes halogenated alkanes) is 1. The maximum Gasteiger partial charge on any atom is 0.416 e. The van der Waals surface area contributed by atoms with Crippen molar-refractivity contribution >= 4 is 11.8 Å². The van der Waals surface area contributed by atoms with Crippen molar-refractivity contribution < 1.29 is 27.5 Å². The van der Waals surface area contributed by atoms with E-state index in [2.05, 4.69) is 17.6 Å². The number of amides is 2. The summed E-state index contributed by atoms with van der Waals surface area (Å²) in [6.45, 7) is 2.32. The first-order valence-corrected chi connectivity index (χ1v) is 9.23. The summed E-state index contributed by atoms with van der Waals surface area (Å²) in [5.74, 6) is -0.275. The van der Waals surface area contributed by atoms with Crippen LogP contribution < -0.4 is 15.4 Å². The average Bonchev–Trinajstić information content (AvgIpc) is 2.71. The van der Waals surface area contributed by atoms with Gasteiger partial charge in [-0.2, -0.15) is 13.2 Å². The quantitative estimate of drug-likeness (QED) is 0.618. The van der Waals surface area contributed by atoms with Crippen LogP contribution in [0, 0.1) is 0 Å². The van der Waals surface area contributed by atoms with Crippen molar-refractivity contribution in [2.75, 3.05) is 13.2 Å². The number of carbonyl (C=O) groups excluding carboxylic acids is 2. The summed E-state index contributed by atoms with van der Waals surface area (Å²) in [6, 6.07) is 11.2. The van der Waals surface area contributed by atoms with Crippen LogP contribution in [0.3, 0.4) is 0 Å². The molecule has 0 bridgehead atoms. The maximum absolute atomic E-state index is 12.7. The molecule has 0 heterocycles. The molecule has 0 spiro atoms. The summed E-state index contributed by atoms with van der Waals surface area (Å²) in [6.07, 6.45) is -2.47. The molecule has 0 aliphatic heterocycles. The largest absolute Gasteiger partial charge is 0.494 e. The number of nitrogens with one attached hydrogen (secondary N) is 2. The van der Waals surface area contributed by atoms with Crippen molar-refractivity contribution in [3.63, 3.8) is 0 Å². The van der Waals surface area contributed by atoms with E-state index >= 15 is 0 Å². The lowest BCUT2D eigenvalue weighted by molar-refractivity contribution is -0.137. The minimum absolute atomic E-state index is 0.0670. The van der Waals surface area contributed by atoms with E-state index in [1.165, 1.54) is 12.1 Å². The van der Waals surface area contributed by atoms with Crippen LogP contribution in [0.5, 0.6) is 5.75 Å². The van der Waals surface area contributed by atoms with Crippen molar-refractivity contribution in [2.24, 2.45) is 0 Å². The Bertz CT molecular complexity index is 821. The van der Waals surface area contributed by atoms with Gasteiger partial charge in [0.25, 0.3) is 5.91 Å². The van der Waals surface area contributed by atoms with E-state index in [0.29, 0.717) is 23.5 Å². The monoisotopic (exact) mass is 408 g/mol. The van der Waals surface area contributed by atoms with Crippen LogP contribution in [0.2, 0.25) is 0 Å². The van der Waals surface area contributed by atoms with E-state index in [1.54, 1.807) is 24.3 Å². The SMILES string of the molecule is CCCCOc1ccc(C(=O)NCC(=O)NCc2cccc(C(F)(F)F)c2)cc1. The fourth-order valence-electron chi connectivity index (χ4n) is 2.42. The molecule has 2 aromatic rings. The molecule has 0 aliphatic rings. The third kappa shape index (κ3) is 7.48. The molecule has 0 saturated carbocycles. The molecule has 156 valence electrons. The molecule has 0 radical (unpaired) electrons. The molecular weight excluding hydrogens is 385 g/mol. The molecule has 0 aliphatic carbocycles. The van der Waals surface area contributed by atoms with Gasteiger partial charge in [-0.25, -0.2) is 0 Å². The zero-order chi connectivity index (χ0) is 21.3. The van der Waals surface area contributed by atoms with E-state index in [0.717, 1.165) is 25.0 Å². The number of hydrogen-bond donors (Lipinski definition) is 2. The third-order valence-electron chi connectivity index (χ3n) is 4.04. The first-order chi connectivity index (χ1) is 13.8.